The molecule has 2 aliphatic rings. The molecule has 1 saturated heterocycles. The molecule has 1 aliphatic heterocycles. The second kappa shape index (κ2) is 5.75. The maximum absolute atomic E-state index is 12.6. The van der Waals surface area contributed by atoms with Crippen LogP contribution in [0.3, 0.4) is 0 Å². The SMILES string of the molecule is CCO[C@@H]1C[C@@H]1C(=O)N1CCC[C@H]1c1noc(C(C)C)n1. The molecule has 2 fully saturated rings. The number of carbonyl (C=O) groups is 1. The van der Waals surface area contributed by atoms with Crippen LogP contribution in [0.2, 0.25) is 0 Å². The first kappa shape index (κ1) is 14.5. The highest BCUT2D eigenvalue weighted by atomic mass is 16.5. The summed E-state index contributed by atoms with van der Waals surface area (Å²) in [5.74, 6) is 1.72. The number of rotatable bonds is 5. The average molecular weight is 293 g/mol. The van der Waals surface area contributed by atoms with Crippen molar-refractivity contribution in [1.29, 1.82) is 0 Å². The molecule has 6 nitrogen and oxygen atoms in total. The van der Waals surface area contributed by atoms with E-state index in [2.05, 4.69) is 10.1 Å². The standard InChI is InChI=1S/C15H23N3O3/c1-4-20-12-8-10(12)15(19)18-7-5-6-11(18)13-16-14(9(2)3)21-17-13/h9-12H,4-8H2,1-3H3/t10-,11-,12+/m0/s1. The Morgan fingerprint density at radius 3 is 3.00 bits per heavy atom. The van der Waals surface area contributed by atoms with Gasteiger partial charge in [-0.2, -0.15) is 4.98 Å². The van der Waals surface area contributed by atoms with E-state index in [1.807, 2.05) is 25.7 Å². The molecule has 116 valence electrons. The molecule has 21 heavy (non-hydrogen) atoms. The van der Waals surface area contributed by atoms with E-state index >= 15 is 0 Å². The van der Waals surface area contributed by atoms with Crippen LogP contribution < -0.4 is 0 Å². The molecule has 0 unspecified atom stereocenters. The molecule has 2 heterocycles. The first-order valence-corrected chi connectivity index (χ1v) is 7.87. The molecule has 1 aromatic heterocycles. The summed E-state index contributed by atoms with van der Waals surface area (Å²) < 4.78 is 10.8. The second-order valence-corrected chi connectivity index (χ2v) is 6.17. The lowest BCUT2D eigenvalue weighted by molar-refractivity contribution is -0.134. The van der Waals surface area contributed by atoms with Gasteiger partial charge in [0, 0.05) is 19.1 Å². The zero-order valence-corrected chi connectivity index (χ0v) is 12.9. The third-order valence-corrected chi connectivity index (χ3v) is 4.22. The van der Waals surface area contributed by atoms with Crippen LogP contribution in [-0.4, -0.2) is 40.2 Å². The van der Waals surface area contributed by atoms with Gasteiger partial charge >= 0.3 is 0 Å². The molecule has 6 heteroatoms. The Hall–Kier alpha value is -1.43. The van der Waals surface area contributed by atoms with Crippen LogP contribution in [0.5, 0.6) is 0 Å². The van der Waals surface area contributed by atoms with Gasteiger partial charge in [-0.05, 0) is 26.2 Å². The van der Waals surface area contributed by atoms with Crippen LogP contribution in [0.15, 0.2) is 4.52 Å². The van der Waals surface area contributed by atoms with Gasteiger partial charge in [-0.15, -0.1) is 0 Å². The Morgan fingerprint density at radius 1 is 1.52 bits per heavy atom. The van der Waals surface area contributed by atoms with Gasteiger partial charge in [0.15, 0.2) is 5.82 Å². The van der Waals surface area contributed by atoms with E-state index in [0.717, 1.165) is 25.8 Å². The largest absolute Gasteiger partial charge is 0.378 e. The number of carbonyl (C=O) groups excluding carboxylic acids is 1. The highest BCUT2D eigenvalue weighted by molar-refractivity contribution is 5.82. The third-order valence-electron chi connectivity index (χ3n) is 4.22. The molecule has 1 amide bonds. The van der Waals surface area contributed by atoms with Crippen LogP contribution in [0, 0.1) is 5.92 Å². The minimum absolute atomic E-state index is 0.0296. The van der Waals surface area contributed by atoms with E-state index in [1.54, 1.807) is 0 Å². The molecule has 3 atom stereocenters. The average Bonchev–Trinajstić information content (AvgIpc) is 2.92. The van der Waals surface area contributed by atoms with E-state index in [4.69, 9.17) is 9.26 Å². The molecular formula is C15H23N3O3. The molecular weight excluding hydrogens is 270 g/mol. The summed E-state index contributed by atoms with van der Waals surface area (Å²) in [6.07, 6.45) is 2.86. The summed E-state index contributed by atoms with van der Waals surface area (Å²) in [6.45, 7) is 7.45. The molecule has 0 aromatic carbocycles. The number of ether oxygens (including phenoxy) is 1. The molecule has 3 rings (SSSR count). The van der Waals surface area contributed by atoms with Crippen LogP contribution in [0.1, 0.15) is 63.7 Å². The van der Waals surface area contributed by atoms with Gasteiger partial charge in [-0.25, -0.2) is 0 Å². The quantitative estimate of drug-likeness (QED) is 0.833. The minimum atomic E-state index is -0.0309. The van der Waals surface area contributed by atoms with E-state index in [0.29, 0.717) is 18.3 Å². The Bertz CT molecular complexity index is 514. The van der Waals surface area contributed by atoms with Gasteiger partial charge in [0.2, 0.25) is 11.8 Å². The molecule has 0 N–H and O–H groups in total. The topological polar surface area (TPSA) is 68.5 Å². The number of amides is 1. The number of nitrogens with zero attached hydrogens (tertiary/aromatic N) is 3. The van der Waals surface area contributed by atoms with E-state index < -0.39 is 0 Å². The zero-order chi connectivity index (χ0) is 15.0. The predicted octanol–water partition coefficient (Wildman–Crippen LogP) is 2.28. The van der Waals surface area contributed by atoms with E-state index in [-0.39, 0.29) is 29.9 Å². The summed E-state index contributed by atoms with van der Waals surface area (Å²) in [5.41, 5.74) is 0. The van der Waals surface area contributed by atoms with Crippen molar-refractivity contribution in [2.24, 2.45) is 5.92 Å². The molecule has 0 radical (unpaired) electrons. The highest BCUT2D eigenvalue weighted by Gasteiger charge is 2.48. The van der Waals surface area contributed by atoms with Crippen LogP contribution in [0.4, 0.5) is 0 Å². The van der Waals surface area contributed by atoms with Crippen molar-refractivity contribution in [2.75, 3.05) is 13.2 Å². The van der Waals surface area contributed by atoms with Crippen LogP contribution >= 0.6 is 0 Å². The van der Waals surface area contributed by atoms with Gasteiger partial charge in [-0.1, -0.05) is 19.0 Å². The lowest BCUT2D eigenvalue weighted by Gasteiger charge is -2.22. The Balaban J connectivity index is 1.69. The smallest absolute Gasteiger partial charge is 0.229 e. The van der Waals surface area contributed by atoms with E-state index in [1.165, 1.54) is 0 Å². The molecule has 1 aromatic rings. The Labute approximate surface area is 124 Å². The molecule has 0 bridgehead atoms. The van der Waals surface area contributed by atoms with Gasteiger partial charge in [-0.3, -0.25) is 4.79 Å². The number of hydrogen-bond donors (Lipinski definition) is 0. The number of aromatic nitrogens is 2. The Morgan fingerprint density at radius 2 is 2.33 bits per heavy atom. The fourth-order valence-electron chi connectivity index (χ4n) is 2.96. The van der Waals surface area contributed by atoms with Crippen molar-refractivity contribution in [2.45, 2.75) is 58.1 Å². The summed E-state index contributed by atoms with van der Waals surface area (Å²) in [6, 6.07) is -0.0309. The highest BCUT2D eigenvalue weighted by Crippen LogP contribution is 2.40. The Kier molecular flexibility index (Phi) is 3.97. The summed E-state index contributed by atoms with van der Waals surface area (Å²) in [7, 11) is 0. The van der Waals surface area contributed by atoms with Gasteiger partial charge < -0.3 is 14.2 Å². The van der Waals surface area contributed by atoms with Crippen molar-refractivity contribution in [3.63, 3.8) is 0 Å². The van der Waals surface area contributed by atoms with Gasteiger partial charge in [0.25, 0.3) is 0 Å². The van der Waals surface area contributed by atoms with Crippen molar-refractivity contribution in [3.8, 4) is 0 Å². The first-order valence-electron chi connectivity index (χ1n) is 7.87. The third kappa shape index (κ3) is 2.81. The van der Waals surface area contributed by atoms with Gasteiger partial charge in [0.1, 0.15) is 0 Å². The normalized spacial score (nSPS) is 28.4. The lowest BCUT2D eigenvalue weighted by atomic mass is 10.2. The van der Waals surface area contributed by atoms with Crippen molar-refractivity contribution in [1.82, 2.24) is 15.0 Å². The number of likely N-dealkylation sites (tertiary alicyclic amines) is 1. The van der Waals surface area contributed by atoms with Gasteiger partial charge in [0.05, 0.1) is 18.1 Å². The van der Waals surface area contributed by atoms with E-state index in [9.17, 15) is 4.79 Å². The first-order chi connectivity index (χ1) is 10.1. The molecule has 0 spiro atoms. The van der Waals surface area contributed by atoms with Crippen LogP contribution in [-0.2, 0) is 9.53 Å². The summed E-state index contributed by atoms with van der Waals surface area (Å²) in [4.78, 5) is 18.9. The second-order valence-electron chi connectivity index (χ2n) is 6.17. The van der Waals surface area contributed by atoms with Crippen molar-refractivity contribution >= 4 is 5.91 Å². The van der Waals surface area contributed by atoms with Crippen LogP contribution in [0.25, 0.3) is 0 Å². The molecule has 1 aliphatic carbocycles. The van der Waals surface area contributed by atoms with Crippen molar-refractivity contribution in [3.05, 3.63) is 11.7 Å². The zero-order valence-electron chi connectivity index (χ0n) is 12.9. The summed E-state index contributed by atoms with van der Waals surface area (Å²) >= 11 is 0. The fraction of sp³-hybridized carbons (Fsp3) is 0.800. The fourth-order valence-corrected chi connectivity index (χ4v) is 2.96. The number of hydrogen-bond acceptors (Lipinski definition) is 5. The summed E-state index contributed by atoms with van der Waals surface area (Å²) in [5, 5.41) is 4.08. The predicted molar refractivity (Wildman–Crippen MR) is 75.6 cm³/mol. The minimum Gasteiger partial charge on any atom is -0.378 e. The van der Waals surface area contributed by atoms with Crippen molar-refractivity contribution < 1.29 is 14.1 Å². The molecule has 1 saturated carbocycles. The maximum atomic E-state index is 12.6. The lowest BCUT2D eigenvalue weighted by Crippen LogP contribution is -2.33. The maximum Gasteiger partial charge on any atom is 0.229 e. The monoisotopic (exact) mass is 293 g/mol.